The van der Waals surface area contributed by atoms with Crippen LogP contribution in [0.5, 0.6) is 5.75 Å². The Morgan fingerprint density at radius 2 is 1.72 bits per heavy atom. The maximum Gasteiger partial charge on any atom is 0.263 e. The molecule has 3 aromatic rings. The summed E-state index contributed by atoms with van der Waals surface area (Å²) in [5, 5.41) is 2.90. The molecule has 0 bridgehead atoms. The number of para-hydroxylation sites is 2. The predicted octanol–water partition coefficient (Wildman–Crippen LogP) is 3.81. The lowest BCUT2D eigenvalue weighted by Gasteiger charge is -2.38. The minimum Gasteiger partial charge on any atom is -0.477 e. The Kier molecular flexibility index (Phi) is 7.72. The minimum atomic E-state index is -3.76. The fourth-order valence-electron chi connectivity index (χ4n) is 5.19. The molecule has 3 aromatic carbocycles. The van der Waals surface area contributed by atoms with E-state index in [1.165, 1.54) is 4.31 Å². The lowest BCUT2D eigenvalue weighted by atomic mass is 9.97. The van der Waals surface area contributed by atoms with Crippen molar-refractivity contribution in [1.82, 2.24) is 9.62 Å². The van der Waals surface area contributed by atoms with E-state index in [9.17, 15) is 18.0 Å². The second kappa shape index (κ2) is 11.2. The van der Waals surface area contributed by atoms with E-state index >= 15 is 0 Å². The number of ether oxygens (including phenoxy) is 1. The summed E-state index contributed by atoms with van der Waals surface area (Å²) in [6.45, 7) is 4.51. The van der Waals surface area contributed by atoms with E-state index in [-0.39, 0.29) is 29.8 Å². The number of aryl methyl sites for hydroxylation is 2. The molecule has 1 saturated heterocycles. The Morgan fingerprint density at radius 3 is 2.51 bits per heavy atom. The van der Waals surface area contributed by atoms with Crippen molar-refractivity contribution >= 4 is 27.5 Å². The minimum absolute atomic E-state index is 0.0523. The number of carbonyl (C=O) groups excluding carboxylic acids is 2. The van der Waals surface area contributed by atoms with Crippen LogP contribution in [0.3, 0.4) is 0 Å². The molecule has 2 heterocycles. The van der Waals surface area contributed by atoms with Crippen molar-refractivity contribution in [3.63, 3.8) is 0 Å². The fourth-order valence-corrected chi connectivity index (χ4v) is 7.02. The summed E-state index contributed by atoms with van der Waals surface area (Å²) in [7, 11) is -3.76. The van der Waals surface area contributed by atoms with Crippen LogP contribution in [0.4, 0.5) is 5.69 Å². The number of sulfonamides is 1. The highest BCUT2D eigenvalue weighted by Gasteiger charge is 2.40. The third-order valence-electron chi connectivity index (χ3n) is 7.34. The summed E-state index contributed by atoms with van der Waals surface area (Å²) < 4.78 is 34.5. The van der Waals surface area contributed by atoms with Gasteiger partial charge in [-0.3, -0.25) is 9.59 Å². The molecule has 2 aliphatic heterocycles. The molecule has 2 amide bonds. The average molecular weight is 548 g/mol. The Hall–Kier alpha value is -3.69. The molecule has 2 atom stereocenters. The summed E-state index contributed by atoms with van der Waals surface area (Å²) in [6.07, 6.45) is 0.265. The zero-order valence-corrected chi connectivity index (χ0v) is 23.0. The van der Waals surface area contributed by atoms with Crippen molar-refractivity contribution < 1.29 is 22.7 Å². The third-order valence-corrected chi connectivity index (χ3v) is 9.34. The molecular weight excluding hydrogens is 514 g/mol. The van der Waals surface area contributed by atoms with E-state index in [2.05, 4.69) is 5.32 Å². The molecule has 0 spiro atoms. The van der Waals surface area contributed by atoms with Crippen molar-refractivity contribution in [1.29, 1.82) is 0 Å². The van der Waals surface area contributed by atoms with E-state index in [0.717, 1.165) is 11.1 Å². The molecule has 204 valence electrons. The van der Waals surface area contributed by atoms with Gasteiger partial charge in [0.2, 0.25) is 15.9 Å². The summed E-state index contributed by atoms with van der Waals surface area (Å²) in [6, 6.07) is 22.1. The van der Waals surface area contributed by atoms with Gasteiger partial charge in [0.1, 0.15) is 5.75 Å². The number of nitrogens with one attached hydrogen (secondary N) is 1. The topological polar surface area (TPSA) is 96.0 Å². The molecule has 0 aromatic heterocycles. The first kappa shape index (κ1) is 26.9. The number of fused-ring (bicyclic) bond motifs is 1. The molecule has 9 heteroatoms. The van der Waals surface area contributed by atoms with Crippen molar-refractivity contribution in [2.45, 2.75) is 44.2 Å². The summed E-state index contributed by atoms with van der Waals surface area (Å²) >= 11 is 0. The van der Waals surface area contributed by atoms with Gasteiger partial charge in [-0.1, -0.05) is 54.6 Å². The van der Waals surface area contributed by atoms with Gasteiger partial charge in [0.25, 0.3) is 5.91 Å². The van der Waals surface area contributed by atoms with Gasteiger partial charge in [0.15, 0.2) is 6.10 Å². The normalized spacial score (nSPS) is 19.6. The van der Waals surface area contributed by atoms with Crippen molar-refractivity contribution in [3.05, 3.63) is 89.5 Å². The summed E-state index contributed by atoms with van der Waals surface area (Å²) in [4.78, 5) is 28.8. The molecule has 0 saturated carbocycles. The first-order valence-corrected chi connectivity index (χ1v) is 14.6. The summed E-state index contributed by atoms with van der Waals surface area (Å²) in [5.74, 6) is -0.591. The van der Waals surface area contributed by atoms with E-state index in [0.29, 0.717) is 42.9 Å². The average Bonchev–Trinajstić information content (AvgIpc) is 2.96. The quantitative estimate of drug-likeness (QED) is 0.506. The highest BCUT2D eigenvalue weighted by atomic mass is 32.2. The van der Waals surface area contributed by atoms with Crippen LogP contribution < -0.4 is 15.0 Å². The maximum atomic E-state index is 13.9. The van der Waals surface area contributed by atoms with Crippen LogP contribution in [0, 0.1) is 19.8 Å². The first-order valence-electron chi connectivity index (χ1n) is 13.2. The molecule has 0 unspecified atom stereocenters. The van der Waals surface area contributed by atoms with Gasteiger partial charge in [0.05, 0.1) is 23.0 Å². The number of carbonyl (C=O) groups is 2. The van der Waals surface area contributed by atoms with Gasteiger partial charge in [-0.2, -0.15) is 4.31 Å². The largest absolute Gasteiger partial charge is 0.477 e. The molecule has 39 heavy (non-hydrogen) atoms. The summed E-state index contributed by atoms with van der Waals surface area (Å²) in [5.41, 5.74) is 3.09. The maximum absolute atomic E-state index is 13.9. The van der Waals surface area contributed by atoms with E-state index in [4.69, 9.17) is 4.74 Å². The Morgan fingerprint density at radius 1 is 0.974 bits per heavy atom. The molecule has 8 nitrogen and oxygen atoms in total. The van der Waals surface area contributed by atoms with Crippen LogP contribution in [-0.2, 0) is 26.2 Å². The zero-order chi connectivity index (χ0) is 27.6. The van der Waals surface area contributed by atoms with Crippen LogP contribution in [-0.4, -0.2) is 50.3 Å². The van der Waals surface area contributed by atoms with Gasteiger partial charge in [-0.25, -0.2) is 8.42 Å². The SMILES string of the molecule is Cc1ccc(C)c(S(=O)(=O)N2CCC[C@@H](C(=O)N3C[C@H](C(=O)NCc4ccccc4)Oc4ccccc43)C2)c1. The molecule has 1 fully saturated rings. The number of hydrogen-bond acceptors (Lipinski definition) is 5. The second-order valence-electron chi connectivity index (χ2n) is 10.2. The monoisotopic (exact) mass is 547 g/mol. The number of amides is 2. The Balaban J connectivity index is 1.34. The van der Waals surface area contributed by atoms with Gasteiger partial charge in [-0.15, -0.1) is 0 Å². The van der Waals surface area contributed by atoms with E-state index in [1.807, 2.05) is 55.5 Å². The standard InChI is InChI=1S/C30H33N3O5S/c1-21-14-15-22(2)28(17-21)39(36,37)32-16-8-11-24(19-32)30(35)33-20-27(38-26-13-7-6-12-25(26)33)29(34)31-18-23-9-4-3-5-10-23/h3-7,9-10,12-15,17,24,27H,8,11,16,18-20H2,1-2H3,(H,31,34)/t24-,27-/m1/s1. The first-order chi connectivity index (χ1) is 18.7. The van der Waals surface area contributed by atoms with Gasteiger partial charge < -0.3 is 15.0 Å². The van der Waals surface area contributed by atoms with Crippen LogP contribution in [0.25, 0.3) is 0 Å². The number of hydrogen-bond donors (Lipinski definition) is 1. The number of nitrogens with zero attached hydrogens (tertiary/aromatic N) is 2. The third kappa shape index (κ3) is 5.69. The molecular formula is C30H33N3O5S. The Labute approximate surface area is 229 Å². The molecule has 0 aliphatic carbocycles. The van der Waals surface area contributed by atoms with Crippen LogP contribution >= 0.6 is 0 Å². The van der Waals surface area contributed by atoms with Crippen LogP contribution in [0.15, 0.2) is 77.7 Å². The highest BCUT2D eigenvalue weighted by molar-refractivity contribution is 7.89. The van der Waals surface area contributed by atoms with E-state index < -0.39 is 22.0 Å². The van der Waals surface area contributed by atoms with Gasteiger partial charge in [-0.05, 0) is 61.6 Å². The zero-order valence-electron chi connectivity index (χ0n) is 22.2. The lowest BCUT2D eigenvalue weighted by molar-refractivity contribution is -0.129. The lowest BCUT2D eigenvalue weighted by Crippen LogP contribution is -2.54. The highest BCUT2D eigenvalue weighted by Crippen LogP contribution is 2.36. The van der Waals surface area contributed by atoms with Crippen molar-refractivity contribution in [2.24, 2.45) is 5.92 Å². The molecule has 0 radical (unpaired) electrons. The number of rotatable bonds is 6. The molecule has 1 N–H and O–H groups in total. The number of piperidine rings is 1. The number of anilines is 1. The van der Waals surface area contributed by atoms with Crippen LogP contribution in [0.1, 0.15) is 29.5 Å². The second-order valence-corrected chi connectivity index (χ2v) is 12.1. The van der Waals surface area contributed by atoms with Crippen LogP contribution in [0.2, 0.25) is 0 Å². The smallest absolute Gasteiger partial charge is 0.263 e. The van der Waals surface area contributed by atoms with Gasteiger partial charge >= 0.3 is 0 Å². The Bertz CT molecular complexity index is 1470. The predicted molar refractivity (Wildman–Crippen MR) is 149 cm³/mol. The van der Waals surface area contributed by atoms with Gasteiger partial charge in [0, 0.05) is 19.6 Å². The molecule has 5 rings (SSSR count). The van der Waals surface area contributed by atoms with E-state index in [1.54, 1.807) is 36.1 Å². The number of benzene rings is 3. The fraction of sp³-hybridized carbons (Fsp3) is 0.333. The molecule has 2 aliphatic rings. The van der Waals surface area contributed by atoms with Crippen molar-refractivity contribution in [3.8, 4) is 5.75 Å². The van der Waals surface area contributed by atoms with Crippen molar-refractivity contribution in [2.75, 3.05) is 24.5 Å².